The van der Waals surface area contributed by atoms with E-state index in [9.17, 15) is 61.0 Å². The molecule has 0 bridgehead atoms. The highest BCUT2D eigenvalue weighted by Gasteiger charge is 2.46. The van der Waals surface area contributed by atoms with Crippen LogP contribution in [0.4, 0.5) is 0 Å². The van der Waals surface area contributed by atoms with Gasteiger partial charge in [0, 0.05) is 17.7 Å². The summed E-state index contributed by atoms with van der Waals surface area (Å²) in [7, 11) is 0. The lowest BCUT2D eigenvalue weighted by molar-refractivity contribution is -0.277. The predicted molar refractivity (Wildman–Crippen MR) is 142 cm³/mol. The average molecular weight is 627 g/mol. The zero-order valence-electron chi connectivity index (χ0n) is 22.4. The van der Waals surface area contributed by atoms with Gasteiger partial charge in [-0.3, -0.25) is 4.79 Å². The van der Waals surface area contributed by atoms with Gasteiger partial charge in [0.25, 0.3) is 0 Å². The fourth-order valence-electron chi connectivity index (χ4n) is 4.87. The Balaban J connectivity index is 1.60. The molecular weight excluding hydrogens is 596 g/mol. The van der Waals surface area contributed by atoms with Crippen molar-refractivity contribution >= 4 is 11.0 Å². The van der Waals surface area contributed by atoms with Crippen LogP contribution in [0.25, 0.3) is 22.3 Å². The molecule has 2 unspecified atom stereocenters. The number of fused-ring (bicyclic) bond motifs is 1. The van der Waals surface area contributed by atoms with Crippen LogP contribution in [0, 0.1) is 0 Å². The normalized spacial score (nSPS) is 32.5. The maximum atomic E-state index is 13.7. The molecule has 44 heavy (non-hydrogen) atoms. The standard InChI is InChI=1S/C27H30O17/c28-6-14-17(33)20(36)22(38)26(42-14)40-9-4-12(32)16-13(5-9)41-24(8-1-2-10(30)11(31)3-8)25(19(16)35)44-27-23(39)21(37)18(34)15(7-29)43-27/h1-5,14-15,17-18,20-23,26-34,36-39H,6-7H2/t14-,15-,17-,18-,20+,21+,22-,23-,26?,27?/m1/s1. The first-order valence-corrected chi connectivity index (χ1v) is 13.2. The van der Waals surface area contributed by atoms with Crippen molar-refractivity contribution in [2.75, 3.05) is 13.2 Å². The van der Waals surface area contributed by atoms with E-state index < -0.39 is 114 Å². The lowest BCUT2D eigenvalue weighted by atomic mass is 9.99. The van der Waals surface area contributed by atoms with Crippen molar-refractivity contribution in [2.24, 2.45) is 0 Å². The lowest BCUT2D eigenvalue weighted by Gasteiger charge is -2.39. The van der Waals surface area contributed by atoms with Gasteiger partial charge in [0.2, 0.25) is 23.8 Å². The quantitative estimate of drug-likeness (QED) is 0.116. The van der Waals surface area contributed by atoms with Crippen LogP contribution in [0.15, 0.2) is 39.5 Å². The van der Waals surface area contributed by atoms with Crippen LogP contribution in [0.5, 0.6) is 28.7 Å². The van der Waals surface area contributed by atoms with Gasteiger partial charge in [0.05, 0.1) is 13.2 Å². The molecule has 17 heteroatoms. The summed E-state index contributed by atoms with van der Waals surface area (Å²) < 4.78 is 27.6. The molecule has 0 aliphatic carbocycles. The summed E-state index contributed by atoms with van der Waals surface area (Å²) in [4.78, 5) is 13.7. The summed E-state index contributed by atoms with van der Waals surface area (Å²) in [5.41, 5.74) is -1.50. The van der Waals surface area contributed by atoms with Crippen molar-refractivity contribution in [1.29, 1.82) is 0 Å². The Bertz CT molecular complexity index is 1550. The minimum absolute atomic E-state index is 0.0707. The van der Waals surface area contributed by atoms with E-state index >= 15 is 0 Å². The molecule has 2 aliphatic heterocycles. The molecule has 11 N–H and O–H groups in total. The third-order valence-corrected chi connectivity index (χ3v) is 7.33. The zero-order chi connectivity index (χ0) is 32.0. The van der Waals surface area contributed by atoms with Crippen molar-refractivity contribution in [3.05, 3.63) is 40.6 Å². The van der Waals surface area contributed by atoms with Crippen LogP contribution in [-0.4, -0.2) is 131 Å². The van der Waals surface area contributed by atoms with Gasteiger partial charge >= 0.3 is 0 Å². The van der Waals surface area contributed by atoms with Crippen molar-refractivity contribution in [3.63, 3.8) is 0 Å². The Labute approximate surface area is 246 Å². The number of aliphatic hydroxyl groups excluding tert-OH is 8. The van der Waals surface area contributed by atoms with E-state index in [2.05, 4.69) is 0 Å². The summed E-state index contributed by atoms with van der Waals surface area (Å²) in [6.45, 7) is -1.53. The molecule has 10 atom stereocenters. The molecule has 2 aromatic carbocycles. The first kappa shape index (κ1) is 31.7. The minimum atomic E-state index is -1.94. The second-order valence-corrected chi connectivity index (χ2v) is 10.2. The Hall–Kier alpha value is -3.75. The number of hydrogen-bond donors (Lipinski definition) is 11. The van der Waals surface area contributed by atoms with Gasteiger partial charge in [-0.25, -0.2) is 0 Å². The molecule has 0 amide bonds. The predicted octanol–water partition coefficient (Wildman–Crippen LogP) is -3.07. The SMILES string of the molecule is O=c1c(OC2O[C@H](CO)[C@@H](O)[C@H](O)[C@H]2O)c(-c2ccc(O)c(O)c2)oc2cc(OC3O[C@H](CO)[C@@H](O)[C@H](O)[C@H]3O)cc(O)c12. The monoisotopic (exact) mass is 626 g/mol. The fraction of sp³-hybridized carbons (Fsp3) is 0.444. The molecule has 0 radical (unpaired) electrons. The number of phenols is 3. The Kier molecular flexibility index (Phi) is 8.87. The average Bonchev–Trinajstić information content (AvgIpc) is 2.99. The number of rotatable bonds is 7. The molecule has 2 saturated heterocycles. The third-order valence-electron chi connectivity index (χ3n) is 7.33. The molecule has 0 spiro atoms. The molecule has 5 rings (SSSR count). The lowest BCUT2D eigenvalue weighted by Crippen LogP contribution is -2.60. The van der Waals surface area contributed by atoms with E-state index in [0.717, 1.165) is 24.3 Å². The number of benzene rings is 2. The topological polar surface area (TPSA) is 290 Å². The summed E-state index contributed by atoms with van der Waals surface area (Å²) in [5.74, 6) is -3.35. The largest absolute Gasteiger partial charge is 0.507 e. The maximum Gasteiger partial charge on any atom is 0.239 e. The van der Waals surface area contributed by atoms with Crippen LogP contribution >= 0.6 is 0 Å². The smallest absolute Gasteiger partial charge is 0.239 e. The van der Waals surface area contributed by atoms with Crippen LogP contribution in [0.2, 0.25) is 0 Å². The summed E-state index contributed by atoms with van der Waals surface area (Å²) in [6, 6.07) is 5.27. The van der Waals surface area contributed by atoms with Gasteiger partial charge in [-0.05, 0) is 18.2 Å². The number of aromatic hydroxyl groups is 3. The third kappa shape index (κ3) is 5.61. The highest BCUT2D eigenvalue weighted by molar-refractivity contribution is 5.88. The summed E-state index contributed by atoms with van der Waals surface area (Å²) in [6.07, 6.45) is -17.0. The molecule has 3 heterocycles. The van der Waals surface area contributed by atoms with E-state index in [1.165, 1.54) is 6.07 Å². The number of hydrogen-bond acceptors (Lipinski definition) is 17. The van der Waals surface area contributed by atoms with E-state index in [1.807, 2.05) is 0 Å². The van der Waals surface area contributed by atoms with Crippen LogP contribution < -0.4 is 14.9 Å². The number of ether oxygens (including phenoxy) is 4. The van der Waals surface area contributed by atoms with Gasteiger partial charge in [0.1, 0.15) is 71.3 Å². The van der Waals surface area contributed by atoms with Crippen molar-refractivity contribution in [2.45, 2.75) is 61.4 Å². The molecule has 2 aliphatic rings. The molecule has 2 fully saturated rings. The Morgan fingerprint density at radius 3 is 1.77 bits per heavy atom. The molecule has 3 aromatic rings. The van der Waals surface area contributed by atoms with Gasteiger partial charge in [0.15, 0.2) is 17.3 Å². The van der Waals surface area contributed by atoms with Gasteiger partial charge < -0.3 is 79.5 Å². The van der Waals surface area contributed by atoms with Crippen molar-refractivity contribution in [1.82, 2.24) is 0 Å². The molecular formula is C27H30O17. The van der Waals surface area contributed by atoms with E-state index in [-0.39, 0.29) is 16.9 Å². The molecule has 0 saturated carbocycles. The molecule has 17 nitrogen and oxygen atoms in total. The van der Waals surface area contributed by atoms with E-state index in [1.54, 1.807) is 0 Å². The summed E-state index contributed by atoms with van der Waals surface area (Å²) in [5, 5.41) is 110. The van der Waals surface area contributed by atoms with Gasteiger partial charge in [-0.2, -0.15) is 0 Å². The first-order valence-electron chi connectivity index (χ1n) is 13.2. The van der Waals surface area contributed by atoms with Crippen LogP contribution in [-0.2, 0) is 9.47 Å². The van der Waals surface area contributed by atoms with Crippen molar-refractivity contribution < 1.29 is 79.5 Å². The van der Waals surface area contributed by atoms with Crippen molar-refractivity contribution in [3.8, 4) is 40.1 Å². The highest BCUT2D eigenvalue weighted by atomic mass is 16.7. The minimum Gasteiger partial charge on any atom is -0.507 e. The van der Waals surface area contributed by atoms with Crippen LogP contribution in [0.3, 0.4) is 0 Å². The Morgan fingerprint density at radius 1 is 0.659 bits per heavy atom. The van der Waals surface area contributed by atoms with E-state index in [4.69, 9.17) is 23.4 Å². The summed E-state index contributed by atoms with van der Waals surface area (Å²) >= 11 is 0. The Morgan fingerprint density at radius 2 is 1.23 bits per heavy atom. The number of aliphatic hydroxyl groups is 8. The molecule has 240 valence electrons. The van der Waals surface area contributed by atoms with Gasteiger partial charge in [-0.15, -0.1) is 0 Å². The zero-order valence-corrected chi connectivity index (χ0v) is 22.4. The maximum absolute atomic E-state index is 13.7. The number of phenolic OH excluding ortho intramolecular Hbond substituents is 3. The van der Waals surface area contributed by atoms with Crippen LogP contribution in [0.1, 0.15) is 0 Å². The fourth-order valence-corrected chi connectivity index (χ4v) is 4.87. The second-order valence-electron chi connectivity index (χ2n) is 10.2. The molecule has 1 aromatic heterocycles. The highest BCUT2D eigenvalue weighted by Crippen LogP contribution is 2.40. The van der Waals surface area contributed by atoms with E-state index in [0.29, 0.717) is 0 Å². The second kappa shape index (κ2) is 12.3. The first-order chi connectivity index (χ1) is 20.9. The van der Waals surface area contributed by atoms with Gasteiger partial charge in [-0.1, -0.05) is 0 Å².